The second-order valence-corrected chi connectivity index (χ2v) is 7.12. The van der Waals surface area contributed by atoms with Crippen molar-refractivity contribution in [2.24, 2.45) is 5.41 Å². The van der Waals surface area contributed by atoms with Gasteiger partial charge in [-0.2, -0.15) is 48.3 Å². The number of carbonyl (C=O) groups excluding carboxylic acids is 1. The van der Waals surface area contributed by atoms with Crippen molar-refractivity contribution in [1.82, 2.24) is 0 Å². The van der Waals surface area contributed by atoms with Crippen LogP contribution in [0.5, 0.6) is 0 Å². The average molecular weight is 495 g/mol. The van der Waals surface area contributed by atoms with E-state index in [-0.39, 0.29) is 10.8 Å². The number of ketones is 1. The third-order valence-electron chi connectivity index (χ3n) is 5.27. The van der Waals surface area contributed by atoms with Crippen molar-refractivity contribution in [3.8, 4) is 0 Å². The van der Waals surface area contributed by atoms with Crippen LogP contribution in [0.3, 0.4) is 0 Å². The number of hydrogen-bond donors (Lipinski definition) is 0. The van der Waals surface area contributed by atoms with Gasteiger partial charge in [-0.25, -0.2) is 4.39 Å². The van der Waals surface area contributed by atoms with Crippen LogP contribution in [0, 0.1) is 11.2 Å². The van der Waals surface area contributed by atoms with E-state index in [1.807, 2.05) is 0 Å². The summed E-state index contributed by atoms with van der Waals surface area (Å²) in [5.74, 6) is -35.7. The van der Waals surface area contributed by atoms with Crippen molar-refractivity contribution < 1.29 is 62.6 Å². The van der Waals surface area contributed by atoms with Crippen LogP contribution in [0.25, 0.3) is 16.5 Å². The van der Waals surface area contributed by atoms with Gasteiger partial charge in [-0.15, -0.1) is 0 Å². The molecule has 180 valence electrons. The Morgan fingerprint density at radius 2 is 1.21 bits per heavy atom. The molecule has 0 atom stereocenters. The number of benzene rings is 2. The van der Waals surface area contributed by atoms with E-state index in [0.29, 0.717) is 0 Å². The van der Waals surface area contributed by atoms with Gasteiger partial charge in [-0.1, -0.05) is 24.0 Å². The maximum absolute atomic E-state index is 14.1. The second kappa shape index (κ2) is 6.79. The molecule has 0 saturated heterocycles. The molecule has 0 heterocycles. The molecule has 1 fully saturated rings. The van der Waals surface area contributed by atoms with E-state index in [4.69, 9.17) is 0 Å². The lowest BCUT2D eigenvalue weighted by Crippen LogP contribution is -2.64. The first-order chi connectivity index (χ1) is 14.8. The third kappa shape index (κ3) is 2.81. The fraction of sp³-hybridized carbons (Fsp3) is 0.316. The first-order valence-corrected chi connectivity index (χ1v) is 8.48. The van der Waals surface area contributed by atoms with Gasteiger partial charge in [0.1, 0.15) is 5.82 Å². The number of alkyl halides is 11. The molecular formula is C19H7F12O2-. The molecule has 0 aromatic heterocycles. The number of rotatable bonds is 3. The number of carbonyl (C=O) groups is 1. The van der Waals surface area contributed by atoms with E-state index in [1.165, 1.54) is 0 Å². The van der Waals surface area contributed by atoms with E-state index in [9.17, 15) is 62.6 Å². The molecule has 0 spiro atoms. The SMILES string of the molecule is O=C(/C=C(\[O-])c1ccc2cc(F)ccc2c1)C1(C(F)(F)F)C(F)(F)C(F)(F)C(F)(F)C1(F)F. The van der Waals surface area contributed by atoms with Crippen LogP contribution in [0.4, 0.5) is 52.7 Å². The molecule has 0 bridgehead atoms. The summed E-state index contributed by atoms with van der Waals surface area (Å²) in [6.45, 7) is 0. The standard InChI is InChI=1S/C19H8F12O2/c20-11-4-3-8-5-10(2-1-9(8)6-11)12(32)7-13(33)14(19(29,30)31)15(21,22)17(25,26)18(27,28)16(14,23)24/h1-7,32H/p-1/b12-7-. The van der Waals surface area contributed by atoms with Gasteiger partial charge in [-0.3, -0.25) is 4.79 Å². The normalized spacial score (nSPS) is 23.0. The zero-order valence-corrected chi connectivity index (χ0v) is 15.4. The van der Waals surface area contributed by atoms with Crippen molar-refractivity contribution in [3.63, 3.8) is 0 Å². The largest absolute Gasteiger partial charge is 0.872 e. The summed E-state index contributed by atoms with van der Waals surface area (Å²) in [6, 6.07) is 5.33. The zero-order valence-electron chi connectivity index (χ0n) is 15.4. The first-order valence-electron chi connectivity index (χ1n) is 8.48. The molecule has 0 N–H and O–H groups in total. The van der Waals surface area contributed by atoms with Crippen molar-refractivity contribution >= 4 is 22.3 Å². The minimum Gasteiger partial charge on any atom is -0.872 e. The summed E-state index contributed by atoms with van der Waals surface area (Å²) in [5.41, 5.74) is -7.74. The van der Waals surface area contributed by atoms with Crippen LogP contribution < -0.4 is 5.11 Å². The third-order valence-corrected chi connectivity index (χ3v) is 5.27. The van der Waals surface area contributed by atoms with Gasteiger partial charge in [0.15, 0.2) is 5.78 Å². The summed E-state index contributed by atoms with van der Waals surface area (Å²) < 4.78 is 164. The molecule has 2 aromatic rings. The summed E-state index contributed by atoms with van der Waals surface area (Å²) in [7, 11) is 0. The van der Waals surface area contributed by atoms with Gasteiger partial charge in [0.25, 0.3) is 5.41 Å². The Hall–Kier alpha value is -2.93. The van der Waals surface area contributed by atoms with Gasteiger partial charge in [0, 0.05) is 0 Å². The average Bonchev–Trinajstić information content (AvgIpc) is 2.71. The molecule has 0 radical (unpaired) electrons. The molecule has 33 heavy (non-hydrogen) atoms. The fourth-order valence-electron chi connectivity index (χ4n) is 3.55. The number of halogens is 12. The van der Waals surface area contributed by atoms with Crippen molar-refractivity contribution in [2.45, 2.75) is 29.9 Å². The number of hydrogen-bond acceptors (Lipinski definition) is 2. The van der Waals surface area contributed by atoms with Crippen LogP contribution in [0.15, 0.2) is 42.5 Å². The Morgan fingerprint density at radius 3 is 1.70 bits per heavy atom. The Balaban J connectivity index is 2.24. The van der Waals surface area contributed by atoms with Crippen LogP contribution in [-0.4, -0.2) is 35.6 Å². The molecular weight excluding hydrogens is 488 g/mol. The van der Waals surface area contributed by atoms with E-state index in [0.717, 1.165) is 36.4 Å². The predicted octanol–water partition coefficient (Wildman–Crippen LogP) is 5.35. The Labute approximate surface area is 175 Å². The Bertz CT molecular complexity index is 1140. The first kappa shape index (κ1) is 24.7. The lowest BCUT2D eigenvalue weighted by atomic mass is 9.74. The van der Waals surface area contributed by atoms with Crippen molar-refractivity contribution in [1.29, 1.82) is 0 Å². The number of fused-ring (bicyclic) bond motifs is 1. The molecule has 1 saturated carbocycles. The quantitative estimate of drug-likeness (QED) is 0.327. The molecule has 0 amide bonds. The highest BCUT2D eigenvalue weighted by molar-refractivity contribution is 6.02. The summed E-state index contributed by atoms with van der Waals surface area (Å²) in [5, 5.41) is 12.3. The Morgan fingerprint density at radius 1 is 0.758 bits per heavy atom. The van der Waals surface area contributed by atoms with Crippen LogP contribution in [0.1, 0.15) is 5.56 Å². The molecule has 2 nitrogen and oxygen atoms in total. The highest BCUT2D eigenvalue weighted by Gasteiger charge is 3.06. The van der Waals surface area contributed by atoms with Gasteiger partial charge in [0.2, 0.25) is 0 Å². The zero-order chi connectivity index (χ0) is 25.4. The second-order valence-electron chi connectivity index (χ2n) is 7.12. The lowest BCUT2D eigenvalue weighted by molar-refractivity contribution is -0.341. The van der Waals surface area contributed by atoms with E-state index < -0.39 is 64.3 Å². The predicted molar refractivity (Wildman–Crippen MR) is 85.2 cm³/mol. The number of allylic oxidation sites excluding steroid dienone is 1. The summed E-state index contributed by atoms with van der Waals surface area (Å²) in [6.07, 6.45) is -8.37. The topological polar surface area (TPSA) is 40.1 Å². The van der Waals surface area contributed by atoms with E-state index >= 15 is 0 Å². The monoisotopic (exact) mass is 495 g/mol. The molecule has 2 aromatic carbocycles. The van der Waals surface area contributed by atoms with Crippen LogP contribution in [0.2, 0.25) is 0 Å². The Kier molecular flexibility index (Phi) is 5.09. The van der Waals surface area contributed by atoms with Gasteiger partial charge >= 0.3 is 29.9 Å². The van der Waals surface area contributed by atoms with Crippen LogP contribution >= 0.6 is 0 Å². The highest BCUT2D eigenvalue weighted by Crippen LogP contribution is 2.75. The van der Waals surface area contributed by atoms with E-state index in [2.05, 4.69) is 0 Å². The van der Waals surface area contributed by atoms with Gasteiger partial charge in [-0.05, 0) is 40.6 Å². The maximum Gasteiger partial charge on any atom is 0.414 e. The minimum atomic E-state index is -7.35. The van der Waals surface area contributed by atoms with Gasteiger partial charge < -0.3 is 5.11 Å². The summed E-state index contributed by atoms with van der Waals surface area (Å²) in [4.78, 5) is 12.0. The van der Waals surface area contributed by atoms with Crippen LogP contribution in [-0.2, 0) is 4.79 Å². The fourth-order valence-corrected chi connectivity index (χ4v) is 3.55. The molecule has 3 rings (SSSR count). The molecule has 0 unspecified atom stereocenters. The molecule has 14 heteroatoms. The summed E-state index contributed by atoms with van der Waals surface area (Å²) >= 11 is 0. The highest BCUT2D eigenvalue weighted by atomic mass is 19.4. The van der Waals surface area contributed by atoms with Gasteiger partial charge in [0.05, 0.1) is 0 Å². The van der Waals surface area contributed by atoms with Crippen molar-refractivity contribution in [2.75, 3.05) is 0 Å². The molecule has 0 aliphatic heterocycles. The van der Waals surface area contributed by atoms with E-state index in [1.54, 1.807) is 0 Å². The maximum atomic E-state index is 14.1. The van der Waals surface area contributed by atoms with Crippen molar-refractivity contribution in [3.05, 3.63) is 53.9 Å². The molecule has 1 aliphatic rings. The minimum absolute atomic E-state index is 0.0169. The smallest absolute Gasteiger partial charge is 0.414 e. The molecule has 1 aliphatic carbocycles. The lowest BCUT2D eigenvalue weighted by Gasteiger charge is -2.37.